The molecule has 0 radical (unpaired) electrons. The van der Waals surface area contributed by atoms with Gasteiger partial charge in [0.2, 0.25) is 5.91 Å². The fourth-order valence-electron chi connectivity index (χ4n) is 2.95. The number of carbonyl (C=O) groups excluding carboxylic acids is 2. The first kappa shape index (κ1) is 16.4. The van der Waals surface area contributed by atoms with Crippen LogP contribution in [-0.2, 0) is 19.2 Å². The maximum Gasteiger partial charge on any atom is 0.306 e. The van der Waals surface area contributed by atoms with Crippen molar-refractivity contribution >= 4 is 17.6 Å². The highest BCUT2D eigenvalue weighted by Gasteiger charge is 2.26. The van der Waals surface area contributed by atoms with Crippen molar-refractivity contribution in [1.29, 1.82) is 0 Å². The highest BCUT2D eigenvalue weighted by molar-refractivity contribution is 6.01. The Morgan fingerprint density at radius 3 is 2.96 bits per heavy atom. The van der Waals surface area contributed by atoms with E-state index in [0.29, 0.717) is 42.8 Å². The molecule has 2 aliphatic heterocycles. The average molecular weight is 334 g/mol. The second kappa shape index (κ2) is 6.98. The maximum absolute atomic E-state index is 14.5. The smallest absolute Gasteiger partial charge is 0.306 e. The summed E-state index contributed by atoms with van der Waals surface area (Å²) in [6.45, 7) is 2.13. The lowest BCUT2D eigenvalue weighted by Gasteiger charge is -2.22. The Bertz CT molecular complexity index is 689. The summed E-state index contributed by atoms with van der Waals surface area (Å²) in [6, 6.07) is 4.93. The number of hydrogen-bond donors (Lipinski definition) is 1. The van der Waals surface area contributed by atoms with Crippen LogP contribution in [0.15, 0.2) is 23.4 Å². The number of nitrogens with zero attached hydrogens (tertiary/aromatic N) is 1. The van der Waals surface area contributed by atoms with E-state index in [1.165, 1.54) is 13.0 Å². The summed E-state index contributed by atoms with van der Waals surface area (Å²) >= 11 is 0. The summed E-state index contributed by atoms with van der Waals surface area (Å²) in [5.74, 6) is -0.910. The summed E-state index contributed by atoms with van der Waals surface area (Å²) in [5, 5.41) is 6.66. The molecule has 0 aliphatic carbocycles. The Morgan fingerprint density at radius 1 is 1.42 bits per heavy atom. The predicted molar refractivity (Wildman–Crippen MR) is 84.0 cm³/mol. The van der Waals surface area contributed by atoms with Crippen LogP contribution < -0.4 is 5.32 Å². The number of benzene rings is 1. The van der Waals surface area contributed by atoms with E-state index in [4.69, 9.17) is 9.57 Å². The fraction of sp³-hybridized carbons (Fsp3) is 0.471. The molecule has 0 saturated carbocycles. The predicted octanol–water partition coefficient (Wildman–Crippen LogP) is 1.88. The number of halogens is 1. The molecule has 1 N–H and O–H groups in total. The van der Waals surface area contributed by atoms with Gasteiger partial charge in [-0.05, 0) is 18.1 Å². The number of nitrogens with one attached hydrogen (secondary N) is 1. The molecule has 0 aromatic heterocycles. The molecular formula is C17H19FN2O4. The van der Waals surface area contributed by atoms with E-state index in [-0.39, 0.29) is 36.1 Å². The monoisotopic (exact) mass is 334 g/mol. The van der Waals surface area contributed by atoms with Gasteiger partial charge < -0.3 is 14.9 Å². The lowest BCUT2D eigenvalue weighted by atomic mass is 9.89. The van der Waals surface area contributed by atoms with Gasteiger partial charge in [-0.15, -0.1) is 0 Å². The van der Waals surface area contributed by atoms with Crippen molar-refractivity contribution in [3.05, 3.63) is 35.1 Å². The molecule has 1 amide bonds. The lowest BCUT2D eigenvalue weighted by molar-refractivity contribution is -0.147. The highest BCUT2D eigenvalue weighted by atomic mass is 19.1. The van der Waals surface area contributed by atoms with Crippen molar-refractivity contribution in [1.82, 2.24) is 5.32 Å². The summed E-state index contributed by atoms with van der Waals surface area (Å²) < 4.78 is 19.4. The maximum atomic E-state index is 14.5. The van der Waals surface area contributed by atoms with Crippen LogP contribution in [0.2, 0.25) is 0 Å². The van der Waals surface area contributed by atoms with E-state index in [0.717, 1.165) is 0 Å². The van der Waals surface area contributed by atoms with Crippen LogP contribution in [0, 0.1) is 5.82 Å². The van der Waals surface area contributed by atoms with Crippen molar-refractivity contribution in [2.75, 3.05) is 13.2 Å². The van der Waals surface area contributed by atoms with E-state index < -0.39 is 0 Å². The van der Waals surface area contributed by atoms with Crippen molar-refractivity contribution < 1.29 is 23.6 Å². The van der Waals surface area contributed by atoms with Gasteiger partial charge in [0.1, 0.15) is 11.9 Å². The summed E-state index contributed by atoms with van der Waals surface area (Å²) in [7, 11) is 0. The molecule has 7 heteroatoms. The second-order valence-corrected chi connectivity index (χ2v) is 6.05. The van der Waals surface area contributed by atoms with Gasteiger partial charge in [-0.2, -0.15) is 0 Å². The Kier molecular flexibility index (Phi) is 4.78. The Balaban J connectivity index is 1.67. The van der Waals surface area contributed by atoms with Crippen LogP contribution in [0.1, 0.15) is 43.2 Å². The highest BCUT2D eigenvalue weighted by Crippen LogP contribution is 2.30. The van der Waals surface area contributed by atoms with Gasteiger partial charge in [-0.3, -0.25) is 9.59 Å². The molecule has 2 atom stereocenters. The van der Waals surface area contributed by atoms with Crippen molar-refractivity contribution in [3.63, 3.8) is 0 Å². The van der Waals surface area contributed by atoms with E-state index in [2.05, 4.69) is 10.5 Å². The molecule has 1 saturated heterocycles. The zero-order chi connectivity index (χ0) is 17.1. The molecule has 6 nitrogen and oxygen atoms in total. The Labute approximate surface area is 139 Å². The van der Waals surface area contributed by atoms with E-state index in [1.807, 2.05) is 0 Å². The number of esters is 1. The molecule has 0 bridgehead atoms. The van der Waals surface area contributed by atoms with Gasteiger partial charge in [-0.1, -0.05) is 17.3 Å². The molecule has 1 aromatic carbocycles. The number of rotatable bonds is 4. The van der Waals surface area contributed by atoms with Gasteiger partial charge in [0.05, 0.1) is 25.3 Å². The molecule has 0 spiro atoms. The largest absolute Gasteiger partial charge is 0.466 e. The van der Waals surface area contributed by atoms with Crippen LogP contribution in [0.4, 0.5) is 4.39 Å². The molecule has 3 rings (SSSR count). The molecular weight excluding hydrogens is 315 g/mol. The van der Waals surface area contributed by atoms with Crippen LogP contribution >= 0.6 is 0 Å². The van der Waals surface area contributed by atoms with Crippen LogP contribution in [0.25, 0.3) is 0 Å². The quantitative estimate of drug-likeness (QED) is 0.853. The SMILES string of the molecule is CC(=O)NCC1CC(c2ccc(C3CCOC(=O)C3)c(F)c2)=NO1. The first-order chi connectivity index (χ1) is 11.5. The third kappa shape index (κ3) is 3.72. The number of ether oxygens (including phenoxy) is 1. The normalized spacial score (nSPS) is 23.2. The number of oxime groups is 1. The summed E-state index contributed by atoms with van der Waals surface area (Å²) in [5.41, 5.74) is 1.84. The van der Waals surface area contributed by atoms with Gasteiger partial charge in [0, 0.05) is 24.8 Å². The molecule has 128 valence electrons. The van der Waals surface area contributed by atoms with Gasteiger partial charge in [0.15, 0.2) is 0 Å². The molecule has 1 aromatic rings. The number of hydrogen-bond acceptors (Lipinski definition) is 5. The minimum atomic E-state index is -0.347. The third-order valence-corrected chi connectivity index (χ3v) is 4.23. The molecule has 2 aliphatic rings. The van der Waals surface area contributed by atoms with E-state index >= 15 is 0 Å². The van der Waals surface area contributed by atoms with Crippen molar-refractivity contribution in [2.24, 2.45) is 5.16 Å². The van der Waals surface area contributed by atoms with Crippen molar-refractivity contribution in [3.8, 4) is 0 Å². The molecule has 2 unspecified atom stereocenters. The minimum Gasteiger partial charge on any atom is -0.466 e. The molecule has 1 fully saturated rings. The van der Waals surface area contributed by atoms with E-state index in [9.17, 15) is 14.0 Å². The topological polar surface area (TPSA) is 77.0 Å². The zero-order valence-electron chi connectivity index (χ0n) is 13.4. The summed E-state index contributed by atoms with van der Waals surface area (Å²) in [4.78, 5) is 27.6. The third-order valence-electron chi connectivity index (χ3n) is 4.23. The van der Waals surface area contributed by atoms with Crippen LogP contribution in [0.5, 0.6) is 0 Å². The number of carbonyl (C=O) groups is 2. The molecule has 2 heterocycles. The van der Waals surface area contributed by atoms with Gasteiger partial charge in [-0.25, -0.2) is 4.39 Å². The average Bonchev–Trinajstić information content (AvgIpc) is 3.02. The molecule has 24 heavy (non-hydrogen) atoms. The van der Waals surface area contributed by atoms with Gasteiger partial charge in [0.25, 0.3) is 0 Å². The van der Waals surface area contributed by atoms with Crippen LogP contribution in [0.3, 0.4) is 0 Å². The zero-order valence-corrected chi connectivity index (χ0v) is 13.4. The van der Waals surface area contributed by atoms with Gasteiger partial charge >= 0.3 is 5.97 Å². The Morgan fingerprint density at radius 2 is 2.25 bits per heavy atom. The minimum absolute atomic E-state index is 0.131. The Hall–Kier alpha value is -2.44. The fourth-order valence-corrected chi connectivity index (χ4v) is 2.95. The van der Waals surface area contributed by atoms with E-state index in [1.54, 1.807) is 12.1 Å². The lowest BCUT2D eigenvalue weighted by Crippen LogP contribution is -2.30. The van der Waals surface area contributed by atoms with Crippen molar-refractivity contribution in [2.45, 2.75) is 38.2 Å². The second-order valence-electron chi connectivity index (χ2n) is 6.05. The first-order valence-corrected chi connectivity index (χ1v) is 7.95. The standard InChI is InChI=1S/C17H19FN2O4/c1-10(21)19-9-13-8-16(20-24-13)12-2-3-14(15(18)6-12)11-4-5-23-17(22)7-11/h2-3,6,11,13H,4-5,7-9H2,1H3,(H,19,21). The first-order valence-electron chi connectivity index (χ1n) is 7.95. The summed E-state index contributed by atoms with van der Waals surface area (Å²) in [6.07, 6.45) is 1.11. The number of amides is 1. The number of cyclic esters (lactones) is 1. The van der Waals surface area contributed by atoms with Crippen LogP contribution in [-0.4, -0.2) is 36.8 Å².